The van der Waals surface area contributed by atoms with E-state index in [4.69, 9.17) is 9.63 Å². The van der Waals surface area contributed by atoms with E-state index in [1.165, 1.54) is 13.8 Å². The third-order valence-electron chi connectivity index (χ3n) is 2.76. The van der Waals surface area contributed by atoms with Crippen LogP contribution >= 0.6 is 0 Å². The summed E-state index contributed by atoms with van der Waals surface area (Å²) in [5.41, 5.74) is 0.293. The molecule has 7 nitrogen and oxygen atoms in total. The highest BCUT2D eigenvalue weighted by atomic mass is 32.2. The normalized spacial score (nSPS) is 18.0. The molecule has 2 rings (SSSR count). The first-order valence-electron chi connectivity index (χ1n) is 5.00. The Morgan fingerprint density at radius 1 is 1.47 bits per heavy atom. The Bertz CT molecular complexity index is 536. The highest BCUT2D eigenvalue weighted by Crippen LogP contribution is 2.28. The number of carbonyl (C=O) groups is 1. The highest BCUT2D eigenvalue weighted by Gasteiger charge is 2.42. The van der Waals surface area contributed by atoms with Crippen molar-refractivity contribution >= 4 is 16.0 Å². The minimum Gasteiger partial charge on any atom is -0.481 e. The fourth-order valence-electron chi connectivity index (χ4n) is 1.76. The number of aliphatic carboxylic acids is 1. The van der Waals surface area contributed by atoms with Gasteiger partial charge in [-0.05, 0) is 13.8 Å². The molecule has 0 aliphatic carbocycles. The van der Waals surface area contributed by atoms with E-state index in [1.807, 2.05) is 0 Å². The molecule has 1 fully saturated rings. The van der Waals surface area contributed by atoms with Crippen LogP contribution in [0.5, 0.6) is 0 Å². The molecule has 1 N–H and O–H groups in total. The largest absolute Gasteiger partial charge is 0.481 e. The van der Waals surface area contributed by atoms with Gasteiger partial charge in [0.1, 0.15) is 10.6 Å². The van der Waals surface area contributed by atoms with Crippen LogP contribution in [-0.4, -0.2) is 42.0 Å². The van der Waals surface area contributed by atoms with E-state index in [2.05, 4.69) is 5.16 Å². The lowest BCUT2D eigenvalue weighted by Crippen LogP contribution is -2.52. The quantitative estimate of drug-likeness (QED) is 0.820. The minimum atomic E-state index is -3.67. The SMILES string of the molecule is Cc1noc(C)c1S(=O)(=O)N1CC(C(=O)O)C1. The van der Waals surface area contributed by atoms with E-state index in [0.717, 1.165) is 4.31 Å². The second kappa shape index (κ2) is 3.81. The molecule has 0 amide bonds. The van der Waals surface area contributed by atoms with E-state index >= 15 is 0 Å². The van der Waals surface area contributed by atoms with Gasteiger partial charge in [-0.15, -0.1) is 0 Å². The minimum absolute atomic E-state index is 0.00171. The second-order valence-electron chi connectivity index (χ2n) is 4.01. The predicted molar refractivity (Wildman–Crippen MR) is 55.9 cm³/mol. The standard InChI is InChI=1S/C9H12N2O5S/c1-5-8(6(2)16-10-5)17(14,15)11-3-7(4-11)9(12)13/h7H,3-4H2,1-2H3,(H,12,13). The summed E-state index contributed by atoms with van der Waals surface area (Å²) in [5, 5.41) is 12.3. The zero-order valence-electron chi connectivity index (χ0n) is 9.37. The average Bonchev–Trinajstić information content (AvgIpc) is 2.41. The van der Waals surface area contributed by atoms with Gasteiger partial charge < -0.3 is 9.63 Å². The van der Waals surface area contributed by atoms with Gasteiger partial charge in [-0.2, -0.15) is 4.31 Å². The predicted octanol–water partition coefficient (Wildman–Crippen LogP) is -0.00346. The van der Waals surface area contributed by atoms with Gasteiger partial charge in [-0.25, -0.2) is 8.42 Å². The second-order valence-corrected chi connectivity index (χ2v) is 5.89. The number of aromatic nitrogens is 1. The van der Waals surface area contributed by atoms with Gasteiger partial charge >= 0.3 is 5.97 Å². The Hall–Kier alpha value is -1.41. The van der Waals surface area contributed by atoms with E-state index in [1.54, 1.807) is 0 Å². The Labute approximate surface area is 98.1 Å². The first-order valence-corrected chi connectivity index (χ1v) is 6.44. The van der Waals surface area contributed by atoms with Crippen molar-refractivity contribution in [3.8, 4) is 0 Å². The maximum Gasteiger partial charge on any atom is 0.309 e. The molecule has 1 aromatic rings. The number of hydrogen-bond acceptors (Lipinski definition) is 5. The van der Waals surface area contributed by atoms with Crippen molar-refractivity contribution in [1.82, 2.24) is 9.46 Å². The summed E-state index contributed by atoms with van der Waals surface area (Å²) in [6, 6.07) is 0. The van der Waals surface area contributed by atoms with Crippen molar-refractivity contribution in [2.75, 3.05) is 13.1 Å². The molecule has 1 aromatic heterocycles. The zero-order valence-corrected chi connectivity index (χ0v) is 10.2. The summed E-state index contributed by atoms with van der Waals surface area (Å²) in [6.07, 6.45) is 0. The van der Waals surface area contributed by atoms with Crippen LogP contribution in [0.4, 0.5) is 0 Å². The number of nitrogens with zero attached hydrogens (tertiary/aromatic N) is 2. The molecular weight excluding hydrogens is 248 g/mol. The lowest BCUT2D eigenvalue weighted by molar-refractivity contribution is -0.145. The number of aryl methyl sites for hydroxylation is 2. The molecule has 94 valence electrons. The van der Waals surface area contributed by atoms with E-state index < -0.39 is 21.9 Å². The van der Waals surface area contributed by atoms with Crippen LogP contribution in [-0.2, 0) is 14.8 Å². The molecule has 2 heterocycles. The van der Waals surface area contributed by atoms with Crippen LogP contribution in [0.15, 0.2) is 9.42 Å². The maximum absolute atomic E-state index is 12.1. The fraction of sp³-hybridized carbons (Fsp3) is 0.556. The first kappa shape index (κ1) is 12.1. The number of sulfonamides is 1. The molecule has 8 heteroatoms. The van der Waals surface area contributed by atoms with Crippen LogP contribution in [0.2, 0.25) is 0 Å². The molecule has 1 aliphatic rings. The zero-order chi connectivity index (χ0) is 12.8. The van der Waals surface area contributed by atoms with Crippen LogP contribution < -0.4 is 0 Å². The molecular formula is C9H12N2O5S. The van der Waals surface area contributed by atoms with E-state index in [9.17, 15) is 13.2 Å². The van der Waals surface area contributed by atoms with Crippen LogP contribution in [0, 0.1) is 19.8 Å². The third kappa shape index (κ3) is 1.83. The molecule has 0 atom stereocenters. The van der Waals surface area contributed by atoms with E-state index in [-0.39, 0.29) is 23.7 Å². The highest BCUT2D eigenvalue weighted by molar-refractivity contribution is 7.89. The summed E-state index contributed by atoms with van der Waals surface area (Å²) in [4.78, 5) is 10.7. The Kier molecular flexibility index (Phi) is 2.70. The average molecular weight is 260 g/mol. The van der Waals surface area contributed by atoms with Gasteiger partial charge in [-0.1, -0.05) is 5.16 Å². The van der Waals surface area contributed by atoms with Crippen molar-refractivity contribution in [1.29, 1.82) is 0 Å². The molecule has 0 unspecified atom stereocenters. The van der Waals surface area contributed by atoms with Crippen LogP contribution in [0.3, 0.4) is 0 Å². The molecule has 1 aliphatic heterocycles. The number of carboxylic acids is 1. The fourth-order valence-corrected chi connectivity index (χ4v) is 3.58. The maximum atomic E-state index is 12.1. The Morgan fingerprint density at radius 3 is 2.47 bits per heavy atom. The topological polar surface area (TPSA) is 101 Å². The number of hydrogen-bond donors (Lipinski definition) is 1. The van der Waals surface area contributed by atoms with Crippen molar-refractivity contribution in [3.05, 3.63) is 11.5 Å². The molecule has 0 bridgehead atoms. The van der Waals surface area contributed by atoms with Crippen molar-refractivity contribution < 1.29 is 22.8 Å². The number of carboxylic acid groups (broad SMARTS) is 1. The lowest BCUT2D eigenvalue weighted by atomic mass is 10.0. The molecule has 0 aromatic carbocycles. The van der Waals surface area contributed by atoms with Gasteiger partial charge in [-0.3, -0.25) is 4.79 Å². The van der Waals surface area contributed by atoms with E-state index in [0.29, 0.717) is 5.69 Å². The van der Waals surface area contributed by atoms with Crippen LogP contribution in [0.25, 0.3) is 0 Å². The molecule has 17 heavy (non-hydrogen) atoms. The first-order chi connectivity index (χ1) is 7.84. The van der Waals surface area contributed by atoms with Gasteiger partial charge in [0.2, 0.25) is 10.0 Å². The van der Waals surface area contributed by atoms with Gasteiger partial charge in [0.15, 0.2) is 5.76 Å². The molecule has 0 saturated carbocycles. The monoisotopic (exact) mass is 260 g/mol. The summed E-state index contributed by atoms with van der Waals surface area (Å²) in [5.74, 6) is -1.37. The summed E-state index contributed by atoms with van der Waals surface area (Å²) < 4.78 is 30.2. The van der Waals surface area contributed by atoms with Crippen LogP contribution in [0.1, 0.15) is 11.5 Å². The number of rotatable bonds is 3. The summed E-state index contributed by atoms with van der Waals surface area (Å²) in [6.45, 7) is 3.06. The molecule has 0 spiro atoms. The Morgan fingerprint density at radius 2 is 2.06 bits per heavy atom. The molecule has 0 radical (unpaired) electrons. The smallest absolute Gasteiger partial charge is 0.309 e. The van der Waals surface area contributed by atoms with Gasteiger partial charge in [0, 0.05) is 13.1 Å². The molecule has 1 saturated heterocycles. The summed E-state index contributed by atoms with van der Waals surface area (Å²) >= 11 is 0. The van der Waals surface area contributed by atoms with Crippen molar-refractivity contribution in [2.24, 2.45) is 5.92 Å². The van der Waals surface area contributed by atoms with Crippen molar-refractivity contribution in [3.63, 3.8) is 0 Å². The lowest BCUT2D eigenvalue weighted by Gasteiger charge is -2.35. The Balaban J connectivity index is 2.25. The summed E-state index contributed by atoms with van der Waals surface area (Å²) in [7, 11) is -3.67. The van der Waals surface area contributed by atoms with Crippen molar-refractivity contribution in [2.45, 2.75) is 18.7 Å². The third-order valence-corrected chi connectivity index (χ3v) is 4.84. The van der Waals surface area contributed by atoms with Gasteiger partial charge in [0.25, 0.3) is 0 Å². The van der Waals surface area contributed by atoms with Gasteiger partial charge in [0.05, 0.1) is 5.92 Å².